The molecule has 0 aliphatic heterocycles. The van der Waals surface area contributed by atoms with Crippen molar-refractivity contribution in [3.63, 3.8) is 0 Å². The molecule has 0 aromatic heterocycles. The summed E-state index contributed by atoms with van der Waals surface area (Å²) >= 11 is 0. The van der Waals surface area contributed by atoms with Crippen LogP contribution in [-0.4, -0.2) is 12.5 Å². The molecule has 2 atom stereocenters. The van der Waals surface area contributed by atoms with Gasteiger partial charge in [-0.25, -0.2) is 4.39 Å². The van der Waals surface area contributed by atoms with Crippen molar-refractivity contribution in [2.75, 3.05) is 0 Å². The monoisotopic (exact) mass is 144 g/mol. The van der Waals surface area contributed by atoms with E-state index < -0.39 is 6.17 Å². The van der Waals surface area contributed by atoms with Crippen molar-refractivity contribution >= 4 is 6.29 Å². The number of halogens is 1. The summed E-state index contributed by atoms with van der Waals surface area (Å²) in [7, 11) is 0. The Morgan fingerprint density at radius 1 is 1.70 bits per heavy atom. The maximum atomic E-state index is 12.7. The first kappa shape index (κ1) is 7.70. The molecule has 0 spiro atoms. The summed E-state index contributed by atoms with van der Waals surface area (Å²) < 4.78 is 12.7. The van der Waals surface area contributed by atoms with Crippen LogP contribution < -0.4 is 0 Å². The molecule has 1 saturated carbocycles. The number of hydrogen-bond donors (Lipinski definition) is 0. The Morgan fingerprint density at radius 3 is 2.80 bits per heavy atom. The molecule has 10 heavy (non-hydrogen) atoms. The van der Waals surface area contributed by atoms with Crippen LogP contribution in [0.3, 0.4) is 0 Å². The smallest absolute Gasteiger partial charge is 0.125 e. The highest BCUT2D eigenvalue weighted by Crippen LogP contribution is 2.35. The first-order valence-electron chi connectivity index (χ1n) is 3.77. The Kier molecular flexibility index (Phi) is 2.07. The van der Waals surface area contributed by atoms with Crippen molar-refractivity contribution < 1.29 is 9.18 Å². The zero-order valence-corrected chi connectivity index (χ0v) is 6.27. The molecule has 58 valence electrons. The second-order valence-electron chi connectivity index (χ2n) is 3.47. The third-order valence-electron chi connectivity index (χ3n) is 2.24. The highest BCUT2D eigenvalue weighted by atomic mass is 19.1. The fraction of sp³-hybridized carbons (Fsp3) is 0.875. The Bertz CT molecular complexity index is 135. The van der Waals surface area contributed by atoms with Gasteiger partial charge < -0.3 is 4.79 Å². The molecular weight excluding hydrogens is 131 g/mol. The van der Waals surface area contributed by atoms with Gasteiger partial charge in [-0.15, -0.1) is 0 Å². The maximum Gasteiger partial charge on any atom is 0.125 e. The van der Waals surface area contributed by atoms with Gasteiger partial charge in [0.05, 0.1) is 0 Å². The minimum Gasteiger partial charge on any atom is -0.303 e. The van der Waals surface area contributed by atoms with E-state index in [-0.39, 0.29) is 5.41 Å². The lowest BCUT2D eigenvalue weighted by Gasteiger charge is -2.29. The molecule has 0 amide bonds. The summed E-state index contributed by atoms with van der Waals surface area (Å²) in [5.74, 6) is 0. The largest absolute Gasteiger partial charge is 0.303 e. The van der Waals surface area contributed by atoms with Crippen molar-refractivity contribution in [1.29, 1.82) is 0 Å². The van der Waals surface area contributed by atoms with Gasteiger partial charge >= 0.3 is 0 Å². The van der Waals surface area contributed by atoms with Gasteiger partial charge in [-0.3, -0.25) is 0 Å². The van der Waals surface area contributed by atoms with Crippen LogP contribution in [0.15, 0.2) is 0 Å². The Labute approximate surface area is 60.6 Å². The molecule has 0 heterocycles. The lowest BCUT2D eigenvalue weighted by molar-refractivity contribution is -0.118. The summed E-state index contributed by atoms with van der Waals surface area (Å²) in [6.45, 7) is 1.84. The Hall–Kier alpha value is -0.400. The Balaban J connectivity index is 2.53. The number of rotatable bonds is 1. The van der Waals surface area contributed by atoms with Gasteiger partial charge in [0.1, 0.15) is 12.5 Å². The van der Waals surface area contributed by atoms with E-state index in [0.29, 0.717) is 12.8 Å². The van der Waals surface area contributed by atoms with E-state index in [4.69, 9.17) is 0 Å². The van der Waals surface area contributed by atoms with Gasteiger partial charge in [-0.1, -0.05) is 6.92 Å². The van der Waals surface area contributed by atoms with Gasteiger partial charge in [0.2, 0.25) is 0 Å². The van der Waals surface area contributed by atoms with E-state index in [1.54, 1.807) is 0 Å². The van der Waals surface area contributed by atoms with E-state index in [1.165, 1.54) is 0 Å². The quantitative estimate of drug-likeness (QED) is 0.515. The second-order valence-corrected chi connectivity index (χ2v) is 3.47. The molecule has 1 aliphatic carbocycles. The van der Waals surface area contributed by atoms with Crippen LogP contribution in [0.5, 0.6) is 0 Å². The first-order valence-corrected chi connectivity index (χ1v) is 3.77. The van der Waals surface area contributed by atoms with Crippen molar-refractivity contribution in [2.45, 2.75) is 38.8 Å². The first-order chi connectivity index (χ1) is 4.66. The molecule has 0 saturated heterocycles. The summed E-state index contributed by atoms with van der Waals surface area (Å²) in [6.07, 6.45) is 2.94. The molecule has 2 unspecified atom stereocenters. The third kappa shape index (κ3) is 1.55. The zero-order valence-electron chi connectivity index (χ0n) is 6.27. The van der Waals surface area contributed by atoms with Crippen molar-refractivity contribution in [3.8, 4) is 0 Å². The summed E-state index contributed by atoms with van der Waals surface area (Å²) in [6, 6.07) is 0. The zero-order chi connectivity index (χ0) is 7.61. The summed E-state index contributed by atoms with van der Waals surface area (Å²) in [4.78, 5) is 10.5. The third-order valence-corrected chi connectivity index (χ3v) is 2.24. The number of alkyl halides is 1. The van der Waals surface area contributed by atoms with Gasteiger partial charge in [-0.05, 0) is 25.7 Å². The lowest BCUT2D eigenvalue weighted by Crippen LogP contribution is -2.27. The summed E-state index contributed by atoms with van der Waals surface area (Å²) in [5.41, 5.74) is -0.363. The molecule has 0 aromatic carbocycles. The number of aldehydes is 1. The number of carbonyl (C=O) groups excluding carboxylic acids is 1. The van der Waals surface area contributed by atoms with Crippen molar-refractivity contribution in [2.24, 2.45) is 5.41 Å². The van der Waals surface area contributed by atoms with Crippen LogP contribution in [0.4, 0.5) is 4.39 Å². The molecule has 1 aliphatic rings. The number of hydrogen-bond acceptors (Lipinski definition) is 1. The van der Waals surface area contributed by atoms with Crippen molar-refractivity contribution in [1.82, 2.24) is 0 Å². The van der Waals surface area contributed by atoms with E-state index in [2.05, 4.69) is 0 Å². The molecule has 0 aromatic rings. The highest BCUT2D eigenvalue weighted by molar-refractivity contribution is 5.58. The standard InChI is InChI=1S/C8H13FO/c1-8(6-10)4-2-3-7(9)5-8/h6-7H,2-5H2,1H3. The van der Waals surface area contributed by atoms with Crippen LogP contribution in [0.1, 0.15) is 32.6 Å². The minimum absolute atomic E-state index is 0.363. The molecule has 1 rings (SSSR count). The highest BCUT2D eigenvalue weighted by Gasteiger charge is 2.31. The van der Waals surface area contributed by atoms with Crippen LogP contribution in [0.2, 0.25) is 0 Å². The fourth-order valence-corrected chi connectivity index (χ4v) is 1.54. The molecule has 2 heteroatoms. The van der Waals surface area contributed by atoms with Gasteiger partial charge in [0, 0.05) is 5.41 Å². The van der Waals surface area contributed by atoms with Gasteiger partial charge in [-0.2, -0.15) is 0 Å². The van der Waals surface area contributed by atoms with E-state index in [9.17, 15) is 9.18 Å². The predicted octanol–water partition coefficient (Wildman–Crippen LogP) is 2.10. The lowest BCUT2D eigenvalue weighted by atomic mass is 9.76. The average molecular weight is 144 g/mol. The van der Waals surface area contributed by atoms with Crippen molar-refractivity contribution in [3.05, 3.63) is 0 Å². The van der Waals surface area contributed by atoms with Gasteiger partial charge in [0.15, 0.2) is 0 Å². The van der Waals surface area contributed by atoms with Crippen LogP contribution in [-0.2, 0) is 4.79 Å². The molecule has 0 N–H and O–H groups in total. The molecule has 0 bridgehead atoms. The van der Waals surface area contributed by atoms with E-state index >= 15 is 0 Å². The molecular formula is C8H13FO. The Morgan fingerprint density at radius 2 is 2.40 bits per heavy atom. The van der Waals surface area contributed by atoms with E-state index in [1.807, 2.05) is 6.92 Å². The molecule has 1 fully saturated rings. The normalized spacial score (nSPS) is 41.2. The van der Waals surface area contributed by atoms with Crippen LogP contribution in [0.25, 0.3) is 0 Å². The SMILES string of the molecule is CC1(C=O)CCCC(F)C1. The topological polar surface area (TPSA) is 17.1 Å². The summed E-state index contributed by atoms with van der Waals surface area (Å²) in [5, 5.41) is 0. The van der Waals surface area contributed by atoms with Crippen LogP contribution >= 0.6 is 0 Å². The second kappa shape index (κ2) is 2.69. The predicted molar refractivity (Wildman–Crippen MR) is 37.5 cm³/mol. The number of carbonyl (C=O) groups is 1. The molecule has 0 radical (unpaired) electrons. The minimum atomic E-state index is -0.746. The van der Waals surface area contributed by atoms with E-state index in [0.717, 1.165) is 19.1 Å². The average Bonchev–Trinajstić information content (AvgIpc) is 1.88. The van der Waals surface area contributed by atoms with Crippen LogP contribution in [0, 0.1) is 5.41 Å². The fourth-order valence-electron chi connectivity index (χ4n) is 1.54. The maximum absolute atomic E-state index is 12.7. The molecule has 1 nitrogen and oxygen atoms in total. The van der Waals surface area contributed by atoms with Gasteiger partial charge in [0.25, 0.3) is 0 Å².